The standard InChI is InChI=1S/C17H29NO/c1-14(2,3)18-13(19)17-8-12-6-15(4,10-17)9-16(5,7-12)11-17/h12H,6-11H2,1-5H3,(H,18,19)/t12?,15-,16-,17?/m0/s1. The van der Waals surface area contributed by atoms with Gasteiger partial charge in [-0.1, -0.05) is 13.8 Å². The first-order valence-corrected chi connectivity index (χ1v) is 7.86. The molecular formula is C17H29NO. The molecule has 4 bridgehead atoms. The van der Waals surface area contributed by atoms with Crippen molar-refractivity contribution < 1.29 is 4.79 Å². The van der Waals surface area contributed by atoms with Gasteiger partial charge in [-0.2, -0.15) is 0 Å². The molecule has 4 rings (SSSR count). The molecular weight excluding hydrogens is 234 g/mol. The number of hydrogen-bond acceptors (Lipinski definition) is 1. The van der Waals surface area contributed by atoms with Gasteiger partial charge in [-0.05, 0) is 76.0 Å². The van der Waals surface area contributed by atoms with Gasteiger partial charge in [0.05, 0.1) is 5.41 Å². The first-order chi connectivity index (χ1) is 8.53. The highest BCUT2D eigenvalue weighted by molar-refractivity contribution is 5.84. The first-order valence-electron chi connectivity index (χ1n) is 7.86. The summed E-state index contributed by atoms with van der Waals surface area (Å²) in [6.45, 7) is 11.1. The van der Waals surface area contributed by atoms with E-state index in [1.165, 1.54) is 19.3 Å². The summed E-state index contributed by atoms with van der Waals surface area (Å²) in [7, 11) is 0. The van der Waals surface area contributed by atoms with Crippen LogP contribution < -0.4 is 5.32 Å². The highest BCUT2D eigenvalue weighted by atomic mass is 16.2. The van der Waals surface area contributed by atoms with E-state index < -0.39 is 0 Å². The van der Waals surface area contributed by atoms with Crippen LogP contribution in [-0.2, 0) is 4.79 Å². The molecule has 0 aromatic rings. The highest BCUT2D eigenvalue weighted by Crippen LogP contribution is 2.69. The average molecular weight is 263 g/mol. The minimum absolute atomic E-state index is 0.0593. The molecule has 2 heteroatoms. The van der Waals surface area contributed by atoms with Gasteiger partial charge in [-0.15, -0.1) is 0 Å². The molecule has 2 nitrogen and oxygen atoms in total. The Morgan fingerprint density at radius 2 is 1.53 bits per heavy atom. The lowest BCUT2D eigenvalue weighted by molar-refractivity contribution is -0.171. The second-order valence-corrected chi connectivity index (χ2v) is 9.61. The SMILES string of the molecule is CC(C)(C)NC(=O)C12CC3C[C@](C)(C1)C[C@](C)(C3)C2. The lowest BCUT2D eigenvalue weighted by Crippen LogP contribution is -2.61. The van der Waals surface area contributed by atoms with Crippen LogP contribution in [0.4, 0.5) is 0 Å². The van der Waals surface area contributed by atoms with Crippen LogP contribution in [-0.4, -0.2) is 11.4 Å². The maximum Gasteiger partial charge on any atom is 0.226 e. The smallest absolute Gasteiger partial charge is 0.226 e. The summed E-state index contributed by atoms with van der Waals surface area (Å²) in [5.74, 6) is 1.12. The Balaban J connectivity index is 1.90. The van der Waals surface area contributed by atoms with E-state index in [1.807, 2.05) is 0 Å². The van der Waals surface area contributed by atoms with E-state index in [0.717, 1.165) is 25.2 Å². The molecule has 0 spiro atoms. The van der Waals surface area contributed by atoms with Crippen molar-refractivity contribution in [3.63, 3.8) is 0 Å². The fourth-order valence-corrected chi connectivity index (χ4v) is 6.17. The molecule has 4 saturated carbocycles. The van der Waals surface area contributed by atoms with Crippen molar-refractivity contribution in [3.8, 4) is 0 Å². The van der Waals surface area contributed by atoms with Gasteiger partial charge in [0.2, 0.25) is 5.91 Å². The molecule has 0 unspecified atom stereocenters. The molecule has 108 valence electrons. The number of carbonyl (C=O) groups excluding carboxylic acids is 1. The van der Waals surface area contributed by atoms with Gasteiger partial charge in [-0.3, -0.25) is 4.79 Å². The topological polar surface area (TPSA) is 29.1 Å². The van der Waals surface area contributed by atoms with Gasteiger partial charge in [0.25, 0.3) is 0 Å². The zero-order valence-electron chi connectivity index (χ0n) is 13.2. The quantitative estimate of drug-likeness (QED) is 0.764. The molecule has 4 aliphatic carbocycles. The summed E-state index contributed by atoms with van der Waals surface area (Å²) in [6.07, 6.45) is 7.42. The molecule has 4 fully saturated rings. The third kappa shape index (κ3) is 2.21. The van der Waals surface area contributed by atoms with Crippen LogP contribution >= 0.6 is 0 Å². The zero-order chi connectivity index (χ0) is 14.1. The van der Waals surface area contributed by atoms with Crippen LogP contribution in [0.2, 0.25) is 0 Å². The predicted octanol–water partition coefficient (Wildman–Crippen LogP) is 3.90. The van der Waals surface area contributed by atoms with Crippen molar-refractivity contribution in [3.05, 3.63) is 0 Å². The lowest BCUT2D eigenvalue weighted by Gasteiger charge is -2.64. The Morgan fingerprint density at radius 1 is 1.00 bits per heavy atom. The van der Waals surface area contributed by atoms with Gasteiger partial charge in [0.1, 0.15) is 0 Å². The maximum atomic E-state index is 12.9. The van der Waals surface area contributed by atoms with Crippen molar-refractivity contribution in [2.24, 2.45) is 22.2 Å². The summed E-state index contributed by atoms with van der Waals surface area (Å²) >= 11 is 0. The van der Waals surface area contributed by atoms with E-state index in [4.69, 9.17) is 0 Å². The second kappa shape index (κ2) is 3.56. The van der Waals surface area contributed by atoms with E-state index in [2.05, 4.69) is 39.9 Å². The molecule has 0 saturated heterocycles. The van der Waals surface area contributed by atoms with Gasteiger partial charge in [0, 0.05) is 5.54 Å². The average Bonchev–Trinajstić information content (AvgIpc) is 2.07. The van der Waals surface area contributed by atoms with Gasteiger partial charge in [-0.25, -0.2) is 0 Å². The molecule has 19 heavy (non-hydrogen) atoms. The van der Waals surface area contributed by atoms with Gasteiger partial charge >= 0.3 is 0 Å². The monoisotopic (exact) mass is 263 g/mol. The molecule has 0 aromatic heterocycles. The molecule has 4 aliphatic rings. The second-order valence-electron chi connectivity index (χ2n) is 9.61. The zero-order valence-corrected chi connectivity index (χ0v) is 13.2. The Bertz CT molecular complexity index is 401. The summed E-state index contributed by atoms with van der Waals surface area (Å²) in [6, 6.07) is 0. The van der Waals surface area contributed by atoms with E-state index in [-0.39, 0.29) is 11.0 Å². The van der Waals surface area contributed by atoms with Crippen LogP contribution in [0.3, 0.4) is 0 Å². The fraction of sp³-hybridized carbons (Fsp3) is 0.941. The predicted molar refractivity (Wildman–Crippen MR) is 77.7 cm³/mol. The normalized spacial score (nSPS) is 48.4. The van der Waals surface area contributed by atoms with E-state index in [9.17, 15) is 4.79 Å². The molecule has 0 aromatic carbocycles. The molecule has 2 atom stereocenters. The molecule has 0 radical (unpaired) electrons. The minimum Gasteiger partial charge on any atom is -0.351 e. The third-order valence-electron chi connectivity index (χ3n) is 5.60. The van der Waals surface area contributed by atoms with E-state index in [1.54, 1.807) is 0 Å². The molecule has 0 heterocycles. The minimum atomic E-state index is -0.109. The summed E-state index contributed by atoms with van der Waals surface area (Å²) in [5.41, 5.74) is 0.672. The van der Waals surface area contributed by atoms with E-state index in [0.29, 0.717) is 16.7 Å². The largest absolute Gasteiger partial charge is 0.351 e. The third-order valence-corrected chi connectivity index (χ3v) is 5.60. The number of carbonyl (C=O) groups is 1. The Morgan fingerprint density at radius 3 is 1.95 bits per heavy atom. The Hall–Kier alpha value is -0.530. The molecule has 1 amide bonds. The van der Waals surface area contributed by atoms with Crippen LogP contribution in [0, 0.1) is 22.2 Å². The lowest BCUT2D eigenvalue weighted by atomic mass is 9.40. The fourth-order valence-electron chi connectivity index (χ4n) is 6.17. The van der Waals surface area contributed by atoms with Gasteiger partial charge in [0.15, 0.2) is 0 Å². The van der Waals surface area contributed by atoms with Crippen LogP contribution in [0.5, 0.6) is 0 Å². The number of rotatable bonds is 1. The van der Waals surface area contributed by atoms with Crippen LogP contribution in [0.1, 0.15) is 73.1 Å². The Kier molecular flexibility index (Phi) is 2.52. The van der Waals surface area contributed by atoms with Crippen molar-refractivity contribution in [2.45, 2.75) is 78.7 Å². The van der Waals surface area contributed by atoms with Crippen LogP contribution in [0.25, 0.3) is 0 Å². The summed E-state index contributed by atoms with van der Waals surface area (Å²) in [4.78, 5) is 12.9. The molecule has 0 aliphatic heterocycles. The first kappa shape index (κ1) is 13.5. The molecule has 1 N–H and O–H groups in total. The number of nitrogens with one attached hydrogen (secondary N) is 1. The van der Waals surface area contributed by atoms with E-state index >= 15 is 0 Å². The number of hydrogen-bond donors (Lipinski definition) is 1. The van der Waals surface area contributed by atoms with Crippen molar-refractivity contribution in [1.82, 2.24) is 5.32 Å². The van der Waals surface area contributed by atoms with Gasteiger partial charge < -0.3 is 5.32 Å². The number of amides is 1. The van der Waals surface area contributed by atoms with Crippen molar-refractivity contribution in [2.75, 3.05) is 0 Å². The van der Waals surface area contributed by atoms with Crippen molar-refractivity contribution >= 4 is 5.91 Å². The van der Waals surface area contributed by atoms with Crippen molar-refractivity contribution in [1.29, 1.82) is 0 Å². The summed E-state index contributed by atoms with van der Waals surface area (Å²) < 4.78 is 0. The maximum absolute atomic E-state index is 12.9. The Labute approximate surface area is 117 Å². The summed E-state index contributed by atoms with van der Waals surface area (Å²) in [5, 5.41) is 3.27. The highest BCUT2D eigenvalue weighted by Gasteiger charge is 2.62. The van der Waals surface area contributed by atoms with Crippen LogP contribution in [0.15, 0.2) is 0 Å².